The molecule has 0 aromatic carbocycles. The van der Waals surface area contributed by atoms with Crippen LogP contribution in [0, 0.1) is 0 Å². The van der Waals surface area contributed by atoms with Gasteiger partial charge in [-0.1, -0.05) is 0 Å². The van der Waals surface area contributed by atoms with Gasteiger partial charge in [0.2, 0.25) is 0 Å². The van der Waals surface area contributed by atoms with Gasteiger partial charge in [-0.2, -0.15) is 5.10 Å². The van der Waals surface area contributed by atoms with Crippen molar-refractivity contribution in [3.63, 3.8) is 0 Å². The number of hydrogen-bond donors (Lipinski definition) is 1. The zero-order valence-electron chi connectivity index (χ0n) is 8.69. The lowest BCUT2D eigenvalue weighted by Crippen LogP contribution is -2.16. The van der Waals surface area contributed by atoms with Crippen LogP contribution in [0.1, 0.15) is 12.0 Å². The largest absolute Gasteiger partial charge is 0.313 e. The molecule has 80 valence electrons. The van der Waals surface area contributed by atoms with E-state index in [-0.39, 0.29) is 0 Å². The third-order valence-electron chi connectivity index (χ3n) is 1.87. The first-order valence-electron chi connectivity index (χ1n) is 4.67. The van der Waals surface area contributed by atoms with Crippen molar-refractivity contribution in [1.29, 1.82) is 0 Å². The van der Waals surface area contributed by atoms with Crippen molar-refractivity contribution in [3.05, 3.63) is 18.0 Å². The zero-order chi connectivity index (χ0) is 10.4. The molecule has 5 heteroatoms. The second-order valence-electron chi connectivity index (χ2n) is 3.33. The van der Waals surface area contributed by atoms with Crippen LogP contribution in [-0.4, -0.2) is 32.5 Å². The van der Waals surface area contributed by atoms with Crippen molar-refractivity contribution < 1.29 is 4.21 Å². The molecule has 0 aliphatic heterocycles. The number of aromatic nitrogens is 2. The van der Waals surface area contributed by atoms with Crippen molar-refractivity contribution in [2.24, 2.45) is 7.05 Å². The number of hydrogen-bond acceptors (Lipinski definition) is 3. The van der Waals surface area contributed by atoms with E-state index in [2.05, 4.69) is 10.4 Å². The molecule has 1 unspecified atom stereocenters. The van der Waals surface area contributed by atoms with Crippen molar-refractivity contribution in [1.82, 2.24) is 15.1 Å². The van der Waals surface area contributed by atoms with Gasteiger partial charge in [0.15, 0.2) is 0 Å². The lowest BCUT2D eigenvalue weighted by molar-refractivity contribution is 0.661. The van der Waals surface area contributed by atoms with Gasteiger partial charge in [-0.3, -0.25) is 8.89 Å². The topological polar surface area (TPSA) is 46.9 Å². The molecule has 1 heterocycles. The van der Waals surface area contributed by atoms with Crippen LogP contribution in [0.4, 0.5) is 0 Å². The molecular weight excluding hydrogens is 198 g/mol. The summed E-state index contributed by atoms with van der Waals surface area (Å²) in [6.45, 7) is 1.75. The van der Waals surface area contributed by atoms with Gasteiger partial charge < -0.3 is 5.32 Å². The fraction of sp³-hybridized carbons (Fsp3) is 0.667. The highest BCUT2D eigenvalue weighted by molar-refractivity contribution is 7.84. The average Bonchev–Trinajstić information content (AvgIpc) is 2.50. The monoisotopic (exact) mass is 215 g/mol. The number of nitrogens with one attached hydrogen (secondary N) is 1. The van der Waals surface area contributed by atoms with Crippen LogP contribution in [-0.2, 0) is 24.4 Å². The van der Waals surface area contributed by atoms with E-state index in [4.69, 9.17) is 0 Å². The van der Waals surface area contributed by atoms with Gasteiger partial charge in [0.25, 0.3) is 0 Å². The summed E-state index contributed by atoms with van der Waals surface area (Å²) < 4.78 is 12.5. The number of aryl methyl sites for hydroxylation is 1. The van der Waals surface area contributed by atoms with Crippen molar-refractivity contribution >= 4 is 10.8 Å². The molecule has 0 aliphatic carbocycles. The van der Waals surface area contributed by atoms with E-state index in [0.717, 1.165) is 25.3 Å². The van der Waals surface area contributed by atoms with E-state index in [1.54, 1.807) is 10.9 Å². The molecule has 14 heavy (non-hydrogen) atoms. The summed E-state index contributed by atoms with van der Waals surface area (Å²) in [6, 6.07) is 0. The highest BCUT2D eigenvalue weighted by Crippen LogP contribution is 1.94. The molecule has 1 rings (SSSR count). The van der Waals surface area contributed by atoms with Crippen molar-refractivity contribution in [2.75, 3.05) is 18.6 Å². The predicted molar refractivity (Wildman–Crippen MR) is 58.5 cm³/mol. The number of rotatable bonds is 6. The quantitative estimate of drug-likeness (QED) is 0.693. The molecule has 1 N–H and O–H groups in total. The lowest BCUT2D eigenvalue weighted by Gasteiger charge is -2.01. The highest BCUT2D eigenvalue weighted by Gasteiger charge is 1.95. The van der Waals surface area contributed by atoms with Crippen LogP contribution in [0.15, 0.2) is 12.4 Å². The van der Waals surface area contributed by atoms with Gasteiger partial charge in [0.1, 0.15) is 0 Å². The van der Waals surface area contributed by atoms with E-state index in [0.29, 0.717) is 0 Å². The molecule has 0 saturated carbocycles. The van der Waals surface area contributed by atoms with Gasteiger partial charge >= 0.3 is 0 Å². The Morgan fingerprint density at radius 3 is 3.00 bits per heavy atom. The average molecular weight is 215 g/mol. The minimum absolute atomic E-state index is 0.666. The van der Waals surface area contributed by atoms with E-state index in [1.807, 2.05) is 19.4 Å². The normalized spacial score (nSPS) is 13.0. The molecule has 1 aromatic heterocycles. The molecule has 0 saturated heterocycles. The first-order valence-corrected chi connectivity index (χ1v) is 6.39. The van der Waals surface area contributed by atoms with Gasteiger partial charge in [0.05, 0.1) is 6.20 Å². The molecule has 0 spiro atoms. The molecule has 0 fully saturated rings. The summed E-state index contributed by atoms with van der Waals surface area (Å²) in [6.07, 6.45) is 6.54. The lowest BCUT2D eigenvalue weighted by atomic mass is 10.3. The van der Waals surface area contributed by atoms with Crippen LogP contribution in [0.25, 0.3) is 0 Å². The minimum Gasteiger partial charge on any atom is -0.313 e. The third-order valence-corrected chi connectivity index (χ3v) is 2.74. The highest BCUT2D eigenvalue weighted by atomic mass is 32.2. The smallest absolute Gasteiger partial charge is 0.0534 e. The Morgan fingerprint density at radius 1 is 1.64 bits per heavy atom. The standard InChI is InChI=1S/C9H17N3OS/c1-12-8-9(7-11-12)6-10-4-3-5-14(2)13/h7-8,10H,3-6H2,1-2H3. The minimum atomic E-state index is -0.666. The van der Waals surface area contributed by atoms with Gasteiger partial charge in [0, 0.05) is 48.2 Å². The fourth-order valence-corrected chi connectivity index (χ4v) is 1.75. The first-order chi connectivity index (χ1) is 6.68. The maximum absolute atomic E-state index is 10.8. The van der Waals surface area contributed by atoms with Gasteiger partial charge in [-0.15, -0.1) is 0 Å². The van der Waals surface area contributed by atoms with Crippen LogP contribution in [0.3, 0.4) is 0 Å². The summed E-state index contributed by atoms with van der Waals surface area (Å²) in [5.74, 6) is 0.778. The molecule has 0 radical (unpaired) electrons. The Morgan fingerprint density at radius 2 is 2.43 bits per heavy atom. The molecule has 1 atom stereocenters. The SMILES string of the molecule is Cn1cc(CNCCCS(C)=O)cn1. The number of nitrogens with zero attached hydrogens (tertiary/aromatic N) is 2. The molecule has 0 bridgehead atoms. The predicted octanol–water partition coefficient (Wildman–Crippen LogP) is 0.278. The van der Waals surface area contributed by atoms with Crippen LogP contribution >= 0.6 is 0 Å². The van der Waals surface area contributed by atoms with Crippen LogP contribution < -0.4 is 5.32 Å². The Hall–Kier alpha value is -0.680. The Balaban J connectivity index is 2.07. The summed E-state index contributed by atoms with van der Waals surface area (Å²) in [5.41, 5.74) is 1.19. The van der Waals surface area contributed by atoms with E-state index in [1.165, 1.54) is 5.56 Å². The molecule has 1 aromatic rings. The van der Waals surface area contributed by atoms with E-state index < -0.39 is 10.8 Å². The molecule has 0 aliphatic rings. The fourth-order valence-electron chi connectivity index (χ4n) is 1.20. The molecular formula is C9H17N3OS. The Labute approximate surface area is 87.2 Å². The Bertz CT molecular complexity index is 298. The third kappa shape index (κ3) is 4.53. The van der Waals surface area contributed by atoms with Gasteiger partial charge in [-0.25, -0.2) is 0 Å². The Kier molecular flexibility index (Phi) is 4.82. The molecule has 0 amide bonds. The second-order valence-corrected chi connectivity index (χ2v) is 4.88. The van der Waals surface area contributed by atoms with Crippen LogP contribution in [0.2, 0.25) is 0 Å². The molecule has 4 nitrogen and oxygen atoms in total. The van der Waals surface area contributed by atoms with Gasteiger partial charge in [-0.05, 0) is 13.0 Å². The summed E-state index contributed by atoms with van der Waals surface area (Å²) >= 11 is 0. The summed E-state index contributed by atoms with van der Waals surface area (Å²) in [4.78, 5) is 0. The van der Waals surface area contributed by atoms with E-state index in [9.17, 15) is 4.21 Å². The maximum atomic E-state index is 10.8. The summed E-state index contributed by atoms with van der Waals surface area (Å²) in [5, 5.41) is 7.35. The second kappa shape index (κ2) is 5.93. The van der Waals surface area contributed by atoms with Crippen LogP contribution in [0.5, 0.6) is 0 Å². The maximum Gasteiger partial charge on any atom is 0.0534 e. The van der Waals surface area contributed by atoms with E-state index >= 15 is 0 Å². The van der Waals surface area contributed by atoms with Crippen molar-refractivity contribution in [3.8, 4) is 0 Å². The first kappa shape index (κ1) is 11.4. The zero-order valence-corrected chi connectivity index (χ0v) is 9.51. The summed E-state index contributed by atoms with van der Waals surface area (Å²) in [7, 11) is 1.24. The van der Waals surface area contributed by atoms with Crippen molar-refractivity contribution in [2.45, 2.75) is 13.0 Å².